The Hall–Kier alpha value is -1.91. The normalized spacial score (nSPS) is 10.9. The van der Waals surface area contributed by atoms with E-state index in [1.807, 2.05) is 30.3 Å². The maximum Gasteiger partial charge on any atom is 0.246 e. The quantitative estimate of drug-likeness (QED) is 0.859. The summed E-state index contributed by atoms with van der Waals surface area (Å²) < 4.78 is 0. The minimum absolute atomic E-state index is 0.0206. The van der Waals surface area contributed by atoms with E-state index in [1.165, 1.54) is 21.4 Å². The highest BCUT2D eigenvalue weighted by molar-refractivity contribution is 7.16. The fraction of sp³-hybridized carbons (Fsp3) is 0.188. The van der Waals surface area contributed by atoms with Crippen LogP contribution >= 0.6 is 11.3 Å². The summed E-state index contributed by atoms with van der Waals surface area (Å²) in [4.78, 5) is 15.4. The van der Waals surface area contributed by atoms with Gasteiger partial charge in [0.1, 0.15) is 0 Å². The van der Waals surface area contributed by atoms with Gasteiger partial charge in [0.15, 0.2) is 0 Å². The first-order valence-electron chi connectivity index (χ1n) is 6.40. The largest absolute Gasteiger partial charge is 0.395 e. The molecule has 3 nitrogen and oxygen atoms in total. The van der Waals surface area contributed by atoms with E-state index < -0.39 is 0 Å². The molecule has 0 unspecified atom stereocenters. The summed E-state index contributed by atoms with van der Waals surface area (Å²) in [6, 6.07) is 14.2. The molecule has 104 valence electrons. The molecule has 0 fully saturated rings. The third-order valence-corrected chi connectivity index (χ3v) is 3.99. The van der Waals surface area contributed by atoms with Crippen molar-refractivity contribution in [3.63, 3.8) is 0 Å². The van der Waals surface area contributed by atoms with Gasteiger partial charge in [0.25, 0.3) is 0 Å². The average molecular weight is 287 g/mol. The Morgan fingerprint density at radius 2 is 2.00 bits per heavy atom. The predicted octanol–water partition coefficient (Wildman–Crippen LogP) is 2.88. The molecule has 0 saturated carbocycles. The molecule has 20 heavy (non-hydrogen) atoms. The van der Waals surface area contributed by atoms with Crippen LogP contribution in [-0.4, -0.2) is 36.1 Å². The number of hydrogen-bond acceptors (Lipinski definition) is 3. The Balaban J connectivity index is 2.05. The standard InChI is InChI=1S/C16H17NO2S/c1-17(11-12-18)16(19)10-8-14-7-9-15(20-14)13-5-3-2-4-6-13/h2-10,18H,11-12H2,1H3/b10-8+. The predicted molar refractivity (Wildman–Crippen MR) is 83.5 cm³/mol. The van der Waals surface area contributed by atoms with Crippen molar-refractivity contribution in [3.8, 4) is 10.4 Å². The first kappa shape index (κ1) is 14.5. The Labute approximate surface area is 122 Å². The summed E-state index contributed by atoms with van der Waals surface area (Å²) in [6.07, 6.45) is 3.35. The lowest BCUT2D eigenvalue weighted by Crippen LogP contribution is -2.27. The molecule has 2 aromatic rings. The van der Waals surface area contributed by atoms with Gasteiger partial charge in [-0.3, -0.25) is 4.79 Å². The molecule has 1 heterocycles. The summed E-state index contributed by atoms with van der Waals surface area (Å²) in [5.74, 6) is -0.103. The van der Waals surface area contributed by atoms with E-state index in [4.69, 9.17) is 5.11 Å². The van der Waals surface area contributed by atoms with Gasteiger partial charge in [-0.15, -0.1) is 11.3 Å². The number of hydrogen-bond donors (Lipinski definition) is 1. The number of carbonyl (C=O) groups is 1. The van der Waals surface area contributed by atoms with Gasteiger partial charge < -0.3 is 10.0 Å². The van der Waals surface area contributed by atoms with Crippen molar-refractivity contribution < 1.29 is 9.90 Å². The summed E-state index contributed by atoms with van der Waals surface area (Å²) in [7, 11) is 1.67. The van der Waals surface area contributed by atoms with E-state index in [0.29, 0.717) is 6.54 Å². The van der Waals surface area contributed by atoms with Crippen LogP contribution in [0, 0.1) is 0 Å². The van der Waals surface area contributed by atoms with Crippen LogP contribution in [0.4, 0.5) is 0 Å². The second-order valence-corrected chi connectivity index (χ2v) is 5.50. The van der Waals surface area contributed by atoms with Crippen molar-refractivity contribution in [3.05, 3.63) is 53.4 Å². The molecule has 0 aliphatic heterocycles. The number of carbonyl (C=O) groups excluding carboxylic acids is 1. The lowest BCUT2D eigenvalue weighted by atomic mass is 10.2. The van der Waals surface area contributed by atoms with Gasteiger partial charge in [0, 0.05) is 29.4 Å². The van der Waals surface area contributed by atoms with Gasteiger partial charge in [-0.1, -0.05) is 30.3 Å². The van der Waals surface area contributed by atoms with Gasteiger partial charge in [0.05, 0.1) is 6.61 Å². The fourth-order valence-corrected chi connectivity index (χ4v) is 2.66. The van der Waals surface area contributed by atoms with E-state index in [9.17, 15) is 4.79 Å². The van der Waals surface area contributed by atoms with E-state index in [2.05, 4.69) is 18.2 Å². The van der Waals surface area contributed by atoms with Crippen molar-refractivity contribution >= 4 is 23.3 Å². The number of benzene rings is 1. The average Bonchev–Trinajstić information content (AvgIpc) is 2.95. The first-order valence-corrected chi connectivity index (χ1v) is 7.21. The van der Waals surface area contributed by atoms with Crippen molar-refractivity contribution in [2.45, 2.75) is 0 Å². The number of likely N-dealkylation sites (N-methyl/N-ethyl adjacent to an activating group) is 1. The van der Waals surface area contributed by atoms with Crippen LogP contribution in [0.15, 0.2) is 48.5 Å². The van der Waals surface area contributed by atoms with Crippen LogP contribution in [0.2, 0.25) is 0 Å². The number of nitrogens with zero attached hydrogens (tertiary/aromatic N) is 1. The Morgan fingerprint density at radius 3 is 2.70 bits per heavy atom. The third-order valence-electron chi connectivity index (χ3n) is 2.89. The van der Waals surface area contributed by atoms with Crippen molar-refractivity contribution in [2.24, 2.45) is 0 Å². The van der Waals surface area contributed by atoms with Gasteiger partial charge in [0.2, 0.25) is 5.91 Å². The van der Waals surface area contributed by atoms with Crippen LogP contribution in [0.3, 0.4) is 0 Å². The zero-order valence-corrected chi connectivity index (χ0v) is 12.1. The third kappa shape index (κ3) is 3.79. The second-order valence-electron chi connectivity index (χ2n) is 4.38. The van der Waals surface area contributed by atoms with Gasteiger partial charge in [-0.25, -0.2) is 0 Å². The smallest absolute Gasteiger partial charge is 0.246 e. The monoisotopic (exact) mass is 287 g/mol. The van der Waals surface area contributed by atoms with Crippen molar-refractivity contribution in [1.82, 2.24) is 4.90 Å². The van der Waals surface area contributed by atoms with Crippen molar-refractivity contribution in [1.29, 1.82) is 0 Å². The van der Waals surface area contributed by atoms with E-state index in [1.54, 1.807) is 18.4 Å². The van der Waals surface area contributed by atoms with Crippen LogP contribution in [0.5, 0.6) is 0 Å². The van der Waals surface area contributed by atoms with Gasteiger partial charge in [-0.05, 0) is 23.8 Å². The molecule has 1 amide bonds. The summed E-state index contributed by atoms with van der Waals surface area (Å²) in [5.41, 5.74) is 1.18. The molecule has 1 N–H and O–H groups in total. The number of aliphatic hydroxyl groups is 1. The highest BCUT2D eigenvalue weighted by Gasteiger charge is 2.04. The van der Waals surface area contributed by atoms with Gasteiger partial charge >= 0.3 is 0 Å². The number of thiophene rings is 1. The zero-order chi connectivity index (χ0) is 14.4. The first-order chi connectivity index (χ1) is 9.70. The van der Waals surface area contributed by atoms with Gasteiger partial charge in [-0.2, -0.15) is 0 Å². The molecule has 0 aliphatic rings. The summed E-state index contributed by atoms with van der Waals surface area (Å²) in [6.45, 7) is 0.329. The summed E-state index contributed by atoms with van der Waals surface area (Å²) in [5, 5.41) is 8.78. The molecule has 1 aromatic heterocycles. The minimum Gasteiger partial charge on any atom is -0.395 e. The number of amides is 1. The van der Waals surface area contributed by atoms with Crippen LogP contribution < -0.4 is 0 Å². The molecule has 4 heteroatoms. The van der Waals surface area contributed by atoms with E-state index >= 15 is 0 Å². The lowest BCUT2D eigenvalue weighted by molar-refractivity contribution is -0.125. The maximum absolute atomic E-state index is 11.7. The topological polar surface area (TPSA) is 40.5 Å². The SMILES string of the molecule is CN(CCO)C(=O)/C=C/c1ccc(-c2ccccc2)s1. The second kappa shape index (κ2) is 7.03. The molecule has 2 rings (SSSR count). The Morgan fingerprint density at radius 1 is 1.25 bits per heavy atom. The molecular weight excluding hydrogens is 270 g/mol. The molecule has 0 spiro atoms. The molecular formula is C16H17NO2S. The fourth-order valence-electron chi connectivity index (χ4n) is 1.74. The number of aliphatic hydroxyl groups excluding tert-OH is 1. The number of rotatable bonds is 5. The molecule has 0 radical (unpaired) electrons. The van der Waals surface area contributed by atoms with E-state index in [0.717, 1.165) is 4.88 Å². The minimum atomic E-state index is -0.103. The Bertz CT molecular complexity index is 590. The van der Waals surface area contributed by atoms with E-state index in [-0.39, 0.29) is 12.5 Å². The van der Waals surface area contributed by atoms with Crippen molar-refractivity contribution in [2.75, 3.05) is 20.2 Å². The Kier molecular flexibility index (Phi) is 5.09. The molecule has 1 aromatic carbocycles. The molecule has 0 saturated heterocycles. The highest BCUT2D eigenvalue weighted by atomic mass is 32.1. The maximum atomic E-state index is 11.7. The molecule has 0 atom stereocenters. The highest BCUT2D eigenvalue weighted by Crippen LogP contribution is 2.28. The zero-order valence-electron chi connectivity index (χ0n) is 11.3. The van der Waals surface area contributed by atoms with Crippen LogP contribution in [-0.2, 0) is 4.79 Å². The van der Waals surface area contributed by atoms with Crippen LogP contribution in [0.25, 0.3) is 16.5 Å². The lowest BCUT2D eigenvalue weighted by Gasteiger charge is -2.12. The molecule has 0 aliphatic carbocycles. The summed E-state index contributed by atoms with van der Waals surface area (Å²) >= 11 is 1.65. The molecule has 0 bridgehead atoms. The van der Waals surface area contributed by atoms with Crippen LogP contribution in [0.1, 0.15) is 4.88 Å².